The maximum absolute atomic E-state index is 12.9. The van der Waals surface area contributed by atoms with E-state index in [1.165, 1.54) is 11.1 Å². The molecular weight excluding hydrogens is 532 g/mol. The average molecular weight is 567 g/mol. The molecule has 0 unspecified atom stereocenters. The van der Waals surface area contributed by atoms with Gasteiger partial charge in [0.2, 0.25) is 11.1 Å². The molecule has 0 spiro atoms. The van der Waals surface area contributed by atoms with Crippen LogP contribution < -0.4 is 9.64 Å². The molecule has 0 saturated carbocycles. The van der Waals surface area contributed by atoms with E-state index < -0.39 is 0 Å². The van der Waals surface area contributed by atoms with Crippen LogP contribution in [0.25, 0.3) is 22.1 Å². The van der Waals surface area contributed by atoms with Crippen LogP contribution in [-0.2, 0) is 11.3 Å². The van der Waals surface area contributed by atoms with Gasteiger partial charge in [0, 0.05) is 50.3 Å². The molecule has 1 aliphatic heterocycles. The summed E-state index contributed by atoms with van der Waals surface area (Å²) in [4.78, 5) is 22.1. The topological polar surface area (TPSA) is 76.4 Å². The Kier molecular flexibility index (Phi) is 8.04. The second kappa shape index (κ2) is 12.2. The van der Waals surface area contributed by atoms with Crippen molar-refractivity contribution >= 4 is 45.4 Å². The van der Waals surface area contributed by atoms with Gasteiger partial charge in [0.25, 0.3) is 0 Å². The van der Waals surface area contributed by atoms with Gasteiger partial charge in [-0.05, 0) is 37.1 Å². The van der Waals surface area contributed by atoms with E-state index in [9.17, 15) is 4.79 Å². The summed E-state index contributed by atoms with van der Waals surface area (Å²) in [6.45, 7) is 5.88. The third kappa shape index (κ3) is 5.86. The van der Waals surface area contributed by atoms with Crippen LogP contribution in [0.2, 0.25) is 0 Å². The Hall–Kier alpha value is -4.11. The van der Waals surface area contributed by atoms with Crippen molar-refractivity contribution in [1.82, 2.24) is 24.6 Å². The summed E-state index contributed by atoms with van der Waals surface area (Å²) < 4.78 is 7.74. The van der Waals surface area contributed by atoms with Crippen LogP contribution in [0.4, 0.5) is 5.69 Å². The molecule has 3 aromatic carbocycles. The van der Waals surface area contributed by atoms with E-state index in [2.05, 4.69) is 69.1 Å². The molecule has 0 aliphatic carbocycles. The Bertz CT molecular complexity index is 1680. The number of anilines is 1. The van der Waals surface area contributed by atoms with Gasteiger partial charge in [0.05, 0.1) is 18.3 Å². The van der Waals surface area contributed by atoms with Crippen LogP contribution in [0.1, 0.15) is 24.0 Å². The molecule has 0 atom stereocenters. The number of fused-ring (bicyclic) bond motifs is 3. The fraction of sp³-hybridized carbons (Fsp3) is 0.312. The zero-order valence-corrected chi connectivity index (χ0v) is 24.3. The van der Waals surface area contributed by atoms with E-state index in [-0.39, 0.29) is 5.91 Å². The minimum atomic E-state index is 0.207. The molecular formula is C32H34N6O2S. The molecule has 6 rings (SSSR count). The minimum absolute atomic E-state index is 0.207. The molecule has 8 nitrogen and oxygen atoms in total. The Balaban J connectivity index is 1.07. The van der Waals surface area contributed by atoms with Gasteiger partial charge in [0.15, 0.2) is 5.65 Å². The molecule has 9 heteroatoms. The first-order valence-electron chi connectivity index (χ1n) is 14.1. The third-order valence-electron chi connectivity index (χ3n) is 7.60. The zero-order valence-electron chi connectivity index (χ0n) is 23.5. The van der Waals surface area contributed by atoms with Crippen molar-refractivity contribution < 1.29 is 9.53 Å². The third-order valence-corrected chi connectivity index (χ3v) is 8.53. The van der Waals surface area contributed by atoms with E-state index >= 15 is 0 Å². The molecule has 41 heavy (non-hydrogen) atoms. The number of methoxy groups -OCH3 is 1. The van der Waals surface area contributed by atoms with Gasteiger partial charge in [-0.1, -0.05) is 71.9 Å². The van der Waals surface area contributed by atoms with Crippen LogP contribution in [0, 0.1) is 6.92 Å². The Morgan fingerprint density at radius 3 is 2.59 bits per heavy atom. The highest BCUT2D eigenvalue weighted by molar-refractivity contribution is 7.99. The monoisotopic (exact) mass is 566 g/mol. The molecule has 0 bridgehead atoms. The van der Waals surface area contributed by atoms with Crippen molar-refractivity contribution in [2.75, 3.05) is 43.9 Å². The number of amides is 1. The van der Waals surface area contributed by atoms with E-state index in [1.807, 2.05) is 35.2 Å². The van der Waals surface area contributed by atoms with E-state index in [0.29, 0.717) is 18.1 Å². The highest BCUT2D eigenvalue weighted by Gasteiger charge is 2.22. The van der Waals surface area contributed by atoms with Gasteiger partial charge in [0.1, 0.15) is 11.3 Å². The lowest BCUT2D eigenvalue weighted by Crippen LogP contribution is -2.48. The summed E-state index contributed by atoms with van der Waals surface area (Å²) in [5, 5.41) is 10.7. The highest BCUT2D eigenvalue weighted by Crippen LogP contribution is 2.30. The van der Waals surface area contributed by atoms with Crippen molar-refractivity contribution in [2.24, 2.45) is 0 Å². The van der Waals surface area contributed by atoms with Gasteiger partial charge < -0.3 is 19.1 Å². The first-order chi connectivity index (χ1) is 20.1. The number of carbonyl (C=O) groups is 1. The van der Waals surface area contributed by atoms with Crippen molar-refractivity contribution in [3.8, 4) is 5.75 Å². The number of aromatic nitrogens is 4. The van der Waals surface area contributed by atoms with Gasteiger partial charge in [-0.15, -0.1) is 10.2 Å². The van der Waals surface area contributed by atoms with Crippen LogP contribution in [0.5, 0.6) is 5.75 Å². The largest absolute Gasteiger partial charge is 0.495 e. The van der Waals surface area contributed by atoms with Crippen LogP contribution in [0.3, 0.4) is 0 Å². The van der Waals surface area contributed by atoms with Gasteiger partial charge >= 0.3 is 0 Å². The van der Waals surface area contributed by atoms with Crippen molar-refractivity contribution in [3.63, 3.8) is 0 Å². The molecule has 1 aliphatic rings. The van der Waals surface area contributed by atoms with E-state index in [4.69, 9.17) is 9.72 Å². The average Bonchev–Trinajstić information content (AvgIpc) is 3.32. The normalized spacial score (nSPS) is 13.7. The quantitative estimate of drug-likeness (QED) is 0.171. The molecule has 1 amide bonds. The van der Waals surface area contributed by atoms with Crippen LogP contribution in [-0.4, -0.2) is 69.6 Å². The number of nitrogens with zero attached hydrogens (tertiary/aromatic N) is 6. The van der Waals surface area contributed by atoms with Crippen molar-refractivity contribution in [2.45, 2.75) is 31.5 Å². The molecule has 3 heterocycles. The predicted octanol–water partition coefficient (Wildman–Crippen LogP) is 5.57. The lowest BCUT2D eigenvalue weighted by molar-refractivity contribution is -0.131. The Morgan fingerprint density at radius 1 is 0.951 bits per heavy atom. The summed E-state index contributed by atoms with van der Waals surface area (Å²) in [6.07, 6.45) is 1.29. The fourth-order valence-corrected chi connectivity index (χ4v) is 6.26. The number of para-hydroxylation sites is 3. The van der Waals surface area contributed by atoms with Crippen LogP contribution >= 0.6 is 11.8 Å². The fourth-order valence-electron chi connectivity index (χ4n) is 5.54. The minimum Gasteiger partial charge on any atom is -0.495 e. The molecule has 2 aromatic heterocycles. The molecule has 1 saturated heterocycles. The Morgan fingerprint density at radius 2 is 1.76 bits per heavy atom. The standard InChI is InChI=1S/C32H34N6O2S/c1-23-9-7-10-24(21-23)22-38-26-12-4-3-11-25(26)30-31(38)33-32(35-34-30)41-20-8-15-29(39)37-18-16-36(17-19-37)27-13-5-6-14-28(27)40-2/h3-7,9-14,21H,8,15-20,22H2,1-2H3. The lowest BCUT2D eigenvalue weighted by Gasteiger charge is -2.36. The summed E-state index contributed by atoms with van der Waals surface area (Å²) >= 11 is 1.56. The summed E-state index contributed by atoms with van der Waals surface area (Å²) in [5.74, 6) is 1.84. The van der Waals surface area contributed by atoms with Crippen molar-refractivity contribution in [1.29, 1.82) is 0 Å². The van der Waals surface area contributed by atoms with Crippen LogP contribution in [0.15, 0.2) is 78.0 Å². The Labute approximate surface area is 244 Å². The molecule has 210 valence electrons. The second-order valence-electron chi connectivity index (χ2n) is 10.4. The number of ether oxygens (including phenoxy) is 1. The van der Waals surface area contributed by atoms with Gasteiger partial charge in [-0.3, -0.25) is 4.79 Å². The first-order valence-corrected chi connectivity index (χ1v) is 15.0. The number of thioether (sulfide) groups is 1. The molecule has 0 N–H and O–H groups in total. The number of aryl methyl sites for hydroxylation is 1. The predicted molar refractivity (Wildman–Crippen MR) is 165 cm³/mol. The maximum Gasteiger partial charge on any atom is 0.222 e. The number of rotatable bonds is 9. The maximum atomic E-state index is 12.9. The smallest absolute Gasteiger partial charge is 0.222 e. The highest BCUT2D eigenvalue weighted by atomic mass is 32.2. The number of benzene rings is 3. The van der Waals surface area contributed by atoms with E-state index in [0.717, 1.165) is 71.9 Å². The zero-order chi connectivity index (χ0) is 28.2. The molecule has 0 radical (unpaired) electrons. The van der Waals surface area contributed by atoms with Gasteiger partial charge in [-0.25, -0.2) is 4.98 Å². The number of carbonyl (C=O) groups excluding carboxylic acids is 1. The SMILES string of the molecule is COc1ccccc1N1CCN(C(=O)CCCSc2nnc3c4ccccc4n(Cc4cccc(C)c4)c3n2)CC1. The summed E-state index contributed by atoms with van der Waals surface area (Å²) in [7, 11) is 1.70. The first kappa shape index (κ1) is 27.1. The number of hydrogen-bond donors (Lipinski definition) is 0. The summed E-state index contributed by atoms with van der Waals surface area (Å²) in [6, 6.07) is 24.9. The number of hydrogen-bond acceptors (Lipinski definition) is 7. The summed E-state index contributed by atoms with van der Waals surface area (Å²) in [5.41, 5.74) is 6.31. The molecule has 1 fully saturated rings. The van der Waals surface area contributed by atoms with Crippen molar-refractivity contribution in [3.05, 3.63) is 83.9 Å². The second-order valence-corrected chi connectivity index (χ2v) is 11.4. The van der Waals surface area contributed by atoms with E-state index in [1.54, 1.807) is 18.9 Å². The molecule has 5 aromatic rings. The lowest BCUT2D eigenvalue weighted by atomic mass is 10.1. The van der Waals surface area contributed by atoms with Gasteiger partial charge in [-0.2, -0.15) is 0 Å². The number of piperazine rings is 1.